The SMILES string of the molecule is O=C1N(CC(=O)N2CCn3c2nc2ccccc23)CCN1c1ccc(Cl)cc1. The molecule has 28 heavy (non-hydrogen) atoms. The maximum atomic E-state index is 12.9. The molecule has 2 aromatic carbocycles. The minimum absolute atomic E-state index is 0.0477. The number of urea groups is 1. The third-order valence-electron chi connectivity index (χ3n) is 5.28. The van der Waals surface area contributed by atoms with Crippen LogP contribution >= 0.6 is 11.6 Å². The average Bonchev–Trinajstić information content (AvgIpc) is 3.37. The van der Waals surface area contributed by atoms with Crippen LogP contribution in [-0.4, -0.2) is 52.6 Å². The molecule has 0 atom stereocenters. The molecule has 0 bridgehead atoms. The number of hydrogen-bond acceptors (Lipinski definition) is 3. The molecule has 8 heteroatoms. The number of benzene rings is 2. The van der Waals surface area contributed by atoms with Gasteiger partial charge in [0, 0.05) is 36.9 Å². The monoisotopic (exact) mass is 395 g/mol. The molecule has 142 valence electrons. The summed E-state index contributed by atoms with van der Waals surface area (Å²) in [5.74, 6) is 0.549. The molecule has 0 saturated carbocycles. The lowest BCUT2D eigenvalue weighted by atomic mass is 10.3. The van der Waals surface area contributed by atoms with Crippen molar-refractivity contribution in [2.75, 3.05) is 36.0 Å². The molecule has 7 nitrogen and oxygen atoms in total. The van der Waals surface area contributed by atoms with Gasteiger partial charge in [0.15, 0.2) is 0 Å². The molecule has 0 unspecified atom stereocenters. The molecule has 2 aliphatic heterocycles. The van der Waals surface area contributed by atoms with E-state index in [1.165, 1.54) is 0 Å². The van der Waals surface area contributed by atoms with Crippen LogP contribution < -0.4 is 9.80 Å². The summed E-state index contributed by atoms with van der Waals surface area (Å²) in [6.07, 6.45) is 0. The maximum absolute atomic E-state index is 12.9. The van der Waals surface area contributed by atoms with Gasteiger partial charge < -0.3 is 9.47 Å². The third kappa shape index (κ3) is 2.70. The van der Waals surface area contributed by atoms with Gasteiger partial charge in [0.05, 0.1) is 11.0 Å². The molecule has 3 amide bonds. The van der Waals surface area contributed by atoms with Gasteiger partial charge in [0.1, 0.15) is 6.54 Å². The molecular weight excluding hydrogens is 378 g/mol. The lowest BCUT2D eigenvalue weighted by molar-refractivity contribution is -0.119. The van der Waals surface area contributed by atoms with E-state index in [1.807, 2.05) is 36.4 Å². The van der Waals surface area contributed by atoms with Crippen LogP contribution in [0.3, 0.4) is 0 Å². The molecule has 5 rings (SSSR count). The fourth-order valence-corrected chi connectivity index (χ4v) is 3.99. The fraction of sp³-hybridized carbons (Fsp3) is 0.250. The minimum Gasteiger partial charge on any atom is -0.313 e. The number of fused-ring (bicyclic) bond motifs is 3. The van der Waals surface area contributed by atoms with Crippen molar-refractivity contribution >= 4 is 46.2 Å². The van der Waals surface area contributed by atoms with Crippen LogP contribution in [-0.2, 0) is 11.3 Å². The summed E-state index contributed by atoms with van der Waals surface area (Å²) in [7, 11) is 0. The van der Waals surface area contributed by atoms with E-state index in [1.54, 1.807) is 26.8 Å². The maximum Gasteiger partial charge on any atom is 0.325 e. The number of para-hydroxylation sites is 2. The van der Waals surface area contributed by atoms with Crippen LogP contribution in [0.2, 0.25) is 5.02 Å². The van der Waals surface area contributed by atoms with Crippen LogP contribution in [0.4, 0.5) is 16.4 Å². The van der Waals surface area contributed by atoms with Gasteiger partial charge in [-0.15, -0.1) is 0 Å². The number of carbonyl (C=O) groups is 2. The fourth-order valence-electron chi connectivity index (χ4n) is 3.86. The third-order valence-corrected chi connectivity index (χ3v) is 5.54. The number of carbonyl (C=O) groups excluding carboxylic acids is 2. The average molecular weight is 396 g/mol. The lowest BCUT2D eigenvalue weighted by Crippen LogP contribution is -2.42. The van der Waals surface area contributed by atoms with Gasteiger partial charge in [-0.05, 0) is 36.4 Å². The van der Waals surface area contributed by atoms with E-state index in [0.717, 1.165) is 16.7 Å². The zero-order chi connectivity index (χ0) is 19.3. The molecule has 2 aliphatic rings. The van der Waals surface area contributed by atoms with E-state index in [9.17, 15) is 9.59 Å². The normalized spacial score (nSPS) is 16.3. The van der Waals surface area contributed by atoms with E-state index in [2.05, 4.69) is 9.55 Å². The molecule has 0 radical (unpaired) electrons. The summed E-state index contributed by atoms with van der Waals surface area (Å²) in [4.78, 5) is 35.2. The summed E-state index contributed by atoms with van der Waals surface area (Å²) in [5, 5.41) is 0.624. The minimum atomic E-state index is -0.164. The predicted octanol–water partition coefficient (Wildman–Crippen LogP) is 2.98. The van der Waals surface area contributed by atoms with Gasteiger partial charge in [-0.2, -0.15) is 0 Å². The lowest BCUT2D eigenvalue weighted by Gasteiger charge is -2.21. The summed E-state index contributed by atoms with van der Waals surface area (Å²) in [5.41, 5.74) is 2.69. The van der Waals surface area contributed by atoms with Crippen molar-refractivity contribution in [1.29, 1.82) is 0 Å². The van der Waals surface area contributed by atoms with Gasteiger partial charge in [-0.1, -0.05) is 23.7 Å². The van der Waals surface area contributed by atoms with Crippen molar-refractivity contribution in [3.05, 3.63) is 53.6 Å². The second kappa shape index (κ2) is 6.53. The number of imidazole rings is 1. The van der Waals surface area contributed by atoms with E-state index < -0.39 is 0 Å². The smallest absolute Gasteiger partial charge is 0.313 e. The summed E-state index contributed by atoms with van der Waals surface area (Å²) in [6, 6.07) is 14.8. The first-order valence-electron chi connectivity index (χ1n) is 9.19. The molecule has 3 aromatic rings. The standard InChI is InChI=1S/C20H18ClN5O2/c21-14-5-7-15(8-6-14)24-10-9-23(20(24)28)13-18(27)26-12-11-25-17-4-2-1-3-16(17)22-19(25)26/h1-8H,9-13H2. The number of halogens is 1. The van der Waals surface area contributed by atoms with Crippen molar-refractivity contribution in [2.24, 2.45) is 0 Å². The van der Waals surface area contributed by atoms with Crippen molar-refractivity contribution < 1.29 is 9.59 Å². The van der Waals surface area contributed by atoms with Crippen LogP contribution in [0.15, 0.2) is 48.5 Å². The first-order valence-corrected chi connectivity index (χ1v) is 9.57. The predicted molar refractivity (Wildman–Crippen MR) is 108 cm³/mol. The number of amides is 3. The molecule has 0 aliphatic carbocycles. The molecular formula is C20H18ClN5O2. The van der Waals surface area contributed by atoms with Crippen molar-refractivity contribution in [2.45, 2.75) is 6.54 Å². The molecule has 1 aromatic heterocycles. The van der Waals surface area contributed by atoms with Gasteiger partial charge in [-0.3, -0.25) is 14.6 Å². The molecule has 1 fully saturated rings. The number of aromatic nitrogens is 2. The zero-order valence-corrected chi connectivity index (χ0v) is 15.8. The highest BCUT2D eigenvalue weighted by molar-refractivity contribution is 6.30. The first kappa shape index (κ1) is 17.1. The summed E-state index contributed by atoms with van der Waals surface area (Å²) < 4.78 is 2.05. The van der Waals surface area contributed by atoms with Gasteiger partial charge in [0.25, 0.3) is 0 Å². The van der Waals surface area contributed by atoms with Gasteiger partial charge in [0.2, 0.25) is 11.9 Å². The van der Waals surface area contributed by atoms with Crippen molar-refractivity contribution in [1.82, 2.24) is 14.5 Å². The van der Waals surface area contributed by atoms with E-state index in [0.29, 0.717) is 37.1 Å². The van der Waals surface area contributed by atoms with Gasteiger partial charge >= 0.3 is 6.03 Å². The molecule has 1 saturated heterocycles. The zero-order valence-electron chi connectivity index (χ0n) is 15.1. The number of nitrogens with zero attached hydrogens (tertiary/aromatic N) is 5. The van der Waals surface area contributed by atoms with Crippen molar-refractivity contribution in [3.63, 3.8) is 0 Å². The molecule has 0 spiro atoms. The first-order chi connectivity index (χ1) is 13.6. The highest BCUT2D eigenvalue weighted by Gasteiger charge is 2.34. The van der Waals surface area contributed by atoms with E-state index in [-0.39, 0.29) is 18.5 Å². The summed E-state index contributed by atoms with van der Waals surface area (Å²) >= 11 is 5.92. The quantitative estimate of drug-likeness (QED) is 0.685. The topological polar surface area (TPSA) is 61.7 Å². The Kier molecular flexibility index (Phi) is 3.98. The van der Waals surface area contributed by atoms with Crippen LogP contribution in [0, 0.1) is 0 Å². The van der Waals surface area contributed by atoms with Crippen LogP contribution in [0.5, 0.6) is 0 Å². The Morgan fingerprint density at radius 2 is 1.79 bits per heavy atom. The second-order valence-electron chi connectivity index (χ2n) is 6.93. The van der Waals surface area contributed by atoms with Crippen LogP contribution in [0.25, 0.3) is 11.0 Å². The number of anilines is 2. The van der Waals surface area contributed by atoms with E-state index in [4.69, 9.17) is 11.6 Å². The number of hydrogen-bond donors (Lipinski definition) is 0. The molecule has 0 N–H and O–H groups in total. The number of rotatable bonds is 3. The Hall–Kier alpha value is -3.06. The van der Waals surface area contributed by atoms with Gasteiger partial charge in [-0.25, -0.2) is 9.78 Å². The van der Waals surface area contributed by atoms with E-state index >= 15 is 0 Å². The highest BCUT2D eigenvalue weighted by Crippen LogP contribution is 2.28. The Bertz CT molecular complexity index is 1080. The largest absolute Gasteiger partial charge is 0.325 e. The second-order valence-corrected chi connectivity index (χ2v) is 7.37. The highest BCUT2D eigenvalue weighted by atomic mass is 35.5. The Morgan fingerprint density at radius 3 is 2.61 bits per heavy atom. The summed E-state index contributed by atoms with van der Waals surface area (Å²) in [6.45, 7) is 2.40. The molecule has 3 heterocycles. The van der Waals surface area contributed by atoms with Crippen LogP contribution in [0.1, 0.15) is 0 Å². The Labute approximate surface area is 166 Å². The Balaban J connectivity index is 1.32. The van der Waals surface area contributed by atoms with Crippen molar-refractivity contribution in [3.8, 4) is 0 Å². The Morgan fingerprint density at radius 1 is 1.00 bits per heavy atom.